The van der Waals surface area contributed by atoms with Crippen molar-refractivity contribution < 1.29 is 9.13 Å². The Hall–Kier alpha value is -2.67. The van der Waals surface area contributed by atoms with Crippen LogP contribution >= 0.6 is 0 Å². The van der Waals surface area contributed by atoms with Crippen LogP contribution in [0.15, 0.2) is 53.3 Å². The molecule has 0 atom stereocenters. The lowest BCUT2D eigenvalue weighted by Crippen LogP contribution is -2.46. The van der Waals surface area contributed by atoms with Gasteiger partial charge >= 0.3 is 0 Å². The molecule has 1 aromatic carbocycles. The van der Waals surface area contributed by atoms with Crippen molar-refractivity contribution in [3.05, 3.63) is 54.1 Å². The van der Waals surface area contributed by atoms with Gasteiger partial charge in [-0.3, -0.25) is 4.68 Å². The normalized spacial score (nSPS) is 21.0. The number of nitrogens with zero attached hydrogens (tertiary/aromatic N) is 4. The van der Waals surface area contributed by atoms with Gasteiger partial charge in [0.15, 0.2) is 11.6 Å². The Kier molecular flexibility index (Phi) is 5.71. The lowest BCUT2D eigenvalue weighted by molar-refractivity contribution is 0.101. The summed E-state index contributed by atoms with van der Waals surface area (Å²) in [5.41, 5.74) is 2.40. The number of nitrogens with one attached hydrogen (secondary N) is 1. The van der Waals surface area contributed by atoms with E-state index in [1.807, 2.05) is 13.1 Å². The van der Waals surface area contributed by atoms with E-state index in [1.165, 1.54) is 11.6 Å². The van der Waals surface area contributed by atoms with E-state index in [0.29, 0.717) is 18.3 Å². The predicted molar refractivity (Wildman–Crippen MR) is 107 cm³/mol. The van der Waals surface area contributed by atoms with Crippen LogP contribution < -0.4 is 10.1 Å². The van der Waals surface area contributed by atoms with E-state index in [2.05, 4.69) is 21.5 Å². The molecule has 0 spiro atoms. The van der Waals surface area contributed by atoms with E-state index in [4.69, 9.17) is 9.73 Å². The summed E-state index contributed by atoms with van der Waals surface area (Å²) in [6.45, 7) is 4.28. The smallest absolute Gasteiger partial charge is 0.165 e. The van der Waals surface area contributed by atoms with Gasteiger partial charge in [0.05, 0.1) is 12.8 Å². The van der Waals surface area contributed by atoms with Gasteiger partial charge < -0.3 is 15.0 Å². The molecule has 2 saturated heterocycles. The number of halogens is 1. The van der Waals surface area contributed by atoms with Gasteiger partial charge in [-0.2, -0.15) is 5.10 Å². The monoisotopic (exact) mass is 383 g/mol. The van der Waals surface area contributed by atoms with Crippen LogP contribution in [0, 0.1) is 11.7 Å². The average molecular weight is 383 g/mol. The first-order valence-corrected chi connectivity index (χ1v) is 9.78. The second-order valence-electron chi connectivity index (χ2n) is 7.34. The van der Waals surface area contributed by atoms with Crippen molar-refractivity contribution in [3.8, 4) is 5.75 Å². The van der Waals surface area contributed by atoms with E-state index >= 15 is 0 Å². The van der Waals surface area contributed by atoms with E-state index < -0.39 is 0 Å². The predicted octanol–water partition coefficient (Wildman–Crippen LogP) is 2.91. The van der Waals surface area contributed by atoms with Gasteiger partial charge in [-0.25, -0.2) is 9.38 Å². The fourth-order valence-corrected chi connectivity index (χ4v) is 3.55. The number of para-hydroxylation sites is 1. The zero-order valence-electron chi connectivity index (χ0n) is 16.1. The molecular formula is C21H26FN5O. The quantitative estimate of drug-likeness (QED) is 0.863. The van der Waals surface area contributed by atoms with Gasteiger partial charge in [-0.15, -0.1) is 0 Å². The third-order valence-corrected chi connectivity index (χ3v) is 5.16. The van der Waals surface area contributed by atoms with Crippen LogP contribution in [-0.4, -0.2) is 53.2 Å². The minimum Gasteiger partial charge on any atom is -0.490 e. The Morgan fingerprint density at radius 2 is 2.07 bits per heavy atom. The summed E-state index contributed by atoms with van der Waals surface area (Å²) in [7, 11) is 1.91. The molecule has 4 rings (SSSR count). The first-order valence-electron chi connectivity index (χ1n) is 9.78. The van der Waals surface area contributed by atoms with Crippen LogP contribution in [0.3, 0.4) is 0 Å². The van der Waals surface area contributed by atoms with E-state index in [9.17, 15) is 4.39 Å². The number of aromatic nitrogens is 2. The highest BCUT2D eigenvalue weighted by atomic mass is 19.1. The number of hydrogen-bond acceptors (Lipinski definition) is 5. The van der Waals surface area contributed by atoms with Crippen LogP contribution in [0.25, 0.3) is 0 Å². The van der Waals surface area contributed by atoms with Crippen LogP contribution in [-0.2, 0) is 7.05 Å². The number of aryl methyl sites for hydroxylation is 1. The Bertz CT molecular complexity index is 869. The fraction of sp³-hybridized carbons (Fsp3) is 0.429. The standard InChI is InChI=1S/C21H26FN5O/c1-26-21(8-11-24-26)25-19-7-10-23-9-6-17(19)14-27-12-16(13-27)15-28-20-5-3-2-4-18(20)22/h2-5,8,11,14,16,23H,6-7,9-10,12-13,15H2,1H3/b17-14+,25-19?. The van der Waals surface area contributed by atoms with Gasteiger partial charge in [0.1, 0.15) is 5.82 Å². The van der Waals surface area contributed by atoms with Crippen molar-refractivity contribution in [2.45, 2.75) is 12.8 Å². The number of rotatable bonds is 5. The summed E-state index contributed by atoms with van der Waals surface area (Å²) >= 11 is 0. The molecule has 1 N–H and O–H groups in total. The maximum atomic E-state index is 13.6. The topological polar surface area (TPSA) is 54.7 Å². The zero-order valence-corrected chi connectivity index (χ0v) is 16.1. The van der Waals surface area contributed by atoms with E-state index in [1.54, 1.807) is 29.1 Å². The Morgan fingerprint density at radius 1 is 1.25 bits per heavy atom. The molecule has 0 aliphatic carbocycles. The molecule has 0 unspecified atom stereocenters. The van der Waals surface area contributed by atoms with Crippen LogP contribution in [0.5, 0.6) is 5.75 Å². The summed E-state index contributed by atoms with van der Waals surface area (Å²) in [4.78, 5) is 7.15. The maximum Gasteiger partial charge on any atom is 0.165 e. The number of aliphatic imine (C=N–C) groups is 1. The molecule has 0 saturated carbocycles. The van der Waals surface area contributed by atoms with Crippen LogP contribution in [0.4, 0.5) is 10.2 Å². The first-order chi connectivity index (χ1) is 13.7. The van der Waals surface area contributed by atoms with Gasteiger partial charge in [-0.1, -0.05) is 12.1 Å². The van der Waals surface area contributed by atoms with Crippen LogP contribution in [0.1, 0.15) is 12.8 Å². The molecule has 2 aliphatic heterocycles. The number of hydrogen-bond donors (Lipinski definition) is 1. The van der Waals surface area contributed by atoms with E-state index in [-0.39, 0.29) is 5.82 Å². The summed E-state index contributed by atoms with van der Waals surface area (Å²) < 4.78 is 21.1. The Labute approximate surface area is 164 Å². The maximum absolute atomic E-state index is 13.6. The molecule has 3 heterocycles. The molecular weight excluding hydrogens is 357 g/mol. The minimum absolute atomic E-state index is 0.303. The van der Waals surface area contributed by atoms with Crippen LogP contribution in [0.2, 0.25) is 0 Å². The molecule has 0 radical (unpaired) electrons. The molecule has 2 fully saturated rings. The second-order valence-corrected chi connectivity index (χ2v) is 7.34. The van der Waals surface area contributed by atoms with Crippen molar-refractivity contribution in [3.63, 3.8) is 0 Å². The van der Waals surface area contributed by atoms with Crippen molar-refractivity contribution in [2.24, 2.45) is 18.0 Å². The summed E-state index contributed by atoms with van der Waals surface area (Å²) in [5, 5.41) is 7.65. The van der Waals surface area contributed by atoms with Crippen molar-refractivity contribution >= 4 is 11.5 Å². The number of benzene rings is 1. The van der Waals surface area contributed by atoms with Gasteiger partial charge in [0.2, 0.25) is 0 Å². The summed E-state index contributed by atoms with van der Waals surface area (Å²) in [6.07, 6.45) is 5.88. The Balaban J connectivity index is 1.37. The zero-order chi connectivity index (χ0) is 19.3. The van der Waals surface area contributed by atoms with Crippen molar-refractivity contribution in [2.75, 3.05) is 32.8 Å². The number of ether oxygens (including phenoxy) is 1. The summed E-state index contributed by atoms with van der Waals surface area (Å²) in [6, 6.07) is 8.50. The highest BCUT2D eigenvalue weighted by Crippen LogP contribution is 2.23. The minimum atomic E-state index is -0.303. The SMILES string of the molecule is Cn1nccc1N=C1CCNCC/C1=C\N1CC(COc2ccccc2F)C1. The molecule has 7 heteroatoms. The lowest BCUT2D eigenvalue weighted by Gasteiger charge is -2.39. The van der Waals surface area contributed by atoms with Gasteiger partial charge in [0, 0.05) is 57.0 Å². The largest absolute Gasteiger partial charge is 0.490 e. The van der Waals surface area contributed by atoms with Crippen molar-refractivity contribution in [1.82, 2.24) is 20.0 Å². The Morgan fingerprint density at radius 3 is 2.86 bits per heavy atom. The highest BCUT2D eigenvalue weighted by Gasteiger charge is 2.26. The highest BCUT2D eigenvalue weighted by molar-refractivity contribution is 6.01. The second kappa shape index (κ2) is 8.56. The average Bonchev–Trinajstić information content (AvgIpc) is 2.93. The fourth-order valence-electron chi connectivity index (χ4n) is 3.55. The molecule has 148 valence electrons. The molecule has 28 heavy (non-hydrogen) atoms. The molecule has 0 amide bonds. The molecule has 2 aromatic rings. The molecule has 2 aliphatic rings. The molecule has 6 nitrogen and oxygen atoms in total. The first kappa shape index (κ1) is 18.7. The number of likely N-dealkylation sites (tertiary alicyclic amines) is 1. The third-order valence-electron chi connectivity index (χ3n) is 5.16. The van der Waals surface area contributed by atoms with E-state index in [0.717, 1.165) is 50.6 Å². The summed E-state index contributed by atoms with van der Waals surface area (Å²) in [5.74, 6) is 1.32. The van der Waals surface area contributed by atoms with Gasteiger partial charge in [-0.05, 0) is 30.7 Å². The molecule has 0 bridgehead atoms. The van der Waals surface area contributed by atoms with Crippen molar-refractivity contribution in [1.29, 1.82) is 0 Å². The third kappa shape index (κ3) is 4.42. The van der Waals surface area contributed by atoms with Gasteiger partial charge in [0.25, 0.3) is 0 Å². The lowest BCUT2D eigenvalue weighted by atomic mass is 10.00. The molecule has 1 aromatic heterocycles.